The van der Waals surface area contributed by atoms with Crippen molar-refractivity contribution in [3.05, 3.63) is 59.7 Å². The number of esters is 1. The number of Topliss-reactive ketones (excluding diaryl/α,β-unsaturated/α-hetero) is 1. The molecule has 0 radical (unpaired) electrons. The third-order valence-electron chi connectivity index (χ3n) is 3.64. The molecule has 2 aromatic carbocycles. The topological polar surface area (TPSA) is 84.5 Å². The number of benzene rings is 2. The number of carbonyl (C=O) groups is 3. The molecule has 0 aliphatic rings. The van der Waals surface area contributed by atoms with Crippen LogP contribution in [-0.2, 0) is 9.53 Å². The molecule has 130 valence electrons. The fourth-order valence-corrected chi connectivity index (χ4v) is 2.17. The Kier molecular flexibility index (Phi) is 5.89. The van der Waals surface area contributed by atoms with Gasteiger partial charge < -0.3 is 15.4 Å². The summed E-state index contributed by atoms with van der Waals surface area (Å²) >= 11 is 0. The van der Waals surface area contributed by atoms with E-state index in [1.165, 1.54) is 14.0 Å². The third kappa shape index (κ3) is 4.91. The fourth-order valence-electron chi connectivity index (χ4n) is 2.17. The van der Waals surface area contributed by atoms with E-state index in [1.807, 2.05) is 0 Å². The Labute approximate surface area is 146 Å². The Morgan fingerprint density at radius 3 is 1.92 bits per heavy atom. The lowest BCUT2D eigenvalue weighted by atomic mass is 10.1. The molecule has 0 aliphatic heterocycles. The smallest absolute Gasteiger partial charge is 0.337 e. The molecule has 0 saturated heterocycles. The van der Waals surface area contributed by atoms with Gasteiger partial charge in [0.05, 0.1) is 12.7 Å². The molecule has 1 amide bonds. The number of hydrogen-bond donors (Lipinski definition) is 2. The average molecular weight is 340 g/mol. The van der Waals surface area contributed by atoms with Crippen LogP contribution in [0.4, 0.5) is 11.4 Å². The summed E-state index contributed by atoms with van der Waals surface area (Å²) < 4.78 is 4.64. The van der Waals surface area contributed by atoms with Crippen molar-refractivity contribution < 1.29 is 19.1 Å². The summed E-state index contributed by atoms with van der Waals surface area (Å²) in [6.45, 7) is 3.22. The Bertz CT molecular complexity index is 767. The predicted octanol–water partition coefficient (Wildman–Crippen LogP) is 3.11. The lowest BCUT2D eigenvalue weighted by Crippen LogP contribution is -2.31. The van der Waals surface area contributed by atoms with Crippen LogP contribution in [0.25, 0.3) is 0 Å². The van der Waals surface area contributed by atoms with Gasteiger partial charge in [0.2, 0.25) is 5.91 Å². The van der Waals surface area contributed by atoms with E-state index in [2.05, 4.69) is 15.4 Å². The molecule has 0 fully saturated rings. The van der Waals surface area contributed by atoms with Crippen molar-refractivity contribution >= 4 is 29.0 Å². The molecular weight excluding hydrogens is 320 g/mol. The second-order valence-electron chi connectivity index (χ2n) is 5.56. The second kappa shape index (κ2) is 8.10. The number of hydrogen-bond acceptors (Lipinski definition) is 5. The van der Waals surface area contributed by atoms with Gasteiger partial charge in [0.25, 0.3) is 0 Å². The zero-order chi connectivity index (χ0) is 18.4. The second-order valence-corrected chi connectivity index (χ2v) is 5.56. The van der Waals surface area contributed by atoms with Crippen molar-refractivity contribution in [1.82, 2.24) is 0 Å². The molecule has 1 atom stereocenters. The molecule has 6 nitrogen and oxygen atoms in total. The van der Waals surface area contributed by atoms with Gasteiger partial charge in [-0.25, -0.2) is 4.79 Å². The quantitative estimate of drug-likeness (QED) is 0.623. The summed E-state index contributed by atoms with van der Waals surface area (Å²) in [5, 5.41) is 5.84. The van der Waals surface area contributed by atoms with Crippen LogP contribution in [-0.4, -0.2) is 30.8 Å². The number of amides is 1. The first-order valence-electron chi connectivity index (χ1n) is 7.77. The van der Waals surface area contributed by atoms with Crippen molar-refractivity contribution in [3.63, 3.8) is 0 Å². The number of ether oxygens (including phenoxy) is 1. The first-order chi connectivity index (χ1) is 11.9. The van der Waals surface area contributed by atoms with Gasteiger partial charge in [-0.1, -0.05) is 0 Å². The highest BCUT2D eigenvalue weighted by Crippen LogP contribution is 2.14. The summed E-state index contributed by atoms with van der Waals surface area (Å²) in [5.74, 6) is -0.651. The zero-order valence-electron chi connectivity index (χ0n) is 14.3. The van der Waals surface area contributed by atoms with Gasteiger partial charge in [0.15, 0.2) is 5.78 Å². The van der Waals surface area contributed by atoms with E-state index in [0.717, 1.165) is 0 Å². The maximum atomic E-state index is 12.2. The standard InChI is InChI=1S/C19H20N2O4/c1-12(20-16-10-6-15(7-11-16)19(24)25-3)18(23)21-17-8-4-14(5-9-17)13(2)22/h4-12,20H,1-3H3,(H,21,23)/t12-/m1/s1. The van der Waals surface area contributed by atoms with Crippen molar-refractivity contribution in [3.8, 4) is 0 Å². The van der Waals surface area contributed by atoms with E-state index < -0.39 is 12.0 Å². The van der Waals surface area contributed by atoms with Crippen LogP contribution >= 0.6 is 0 Å². The van der Waals surface area contributed by atoms with Crippen molar-refractivity contribution in [2.75, 3.05) is 17.7 Å². The molecule has 0 unspecified atom stereocenters. The summed E-state index contributed by atoms with van der Waals surface area (Å²) in [4.78, 5) is 34.9. The van der Waals surface area contributed by atoms with Gasteiger partial charge in [-0.3, -0.25) is 9.59 Å². The zero-order valence-corrected chi connectivity index (χ0v) is 14.3. The normalized spacial score (nSPS) is 11.3. The van der Waals surface area contributed by atoms with E-state index in [-0.39, 0.29) is 11.7 Å². The minimum atomic E-state index is -0.489. The molecule has 0 aliphatic carbocycles. The van der Waals surface area contributed by atoms with Crippen molar-refractivity contribution in [2.24, 2.45) is 0 Å². The molecular formula is C19H20N2O4. The van der Waals surface area contributed by atoms with E-state index in [1.54, 1.807) is 55.5 Å². The Balaban J connectivity index is 1.95. The lowest BCUT2D eigenvalue weighted by molar-refractivity contribution is -0.116. The minimum absolute atomic E-state index is 0.0247. The summed E-state index contributed by atoms with van der Waals surface area (Å²) in [7, 11) is 1.32. The van der Waals surface area contributed by atoms with E-state index in [0.29, 0.717) is 22.5 Å². The van der Waals surface area contributed by atoms with E-state index in [9.17, 15) is 14.4 Å². The van der Waals surface area contributed by atoms with Gasteiger partial charge in [-0.05, 0) is 62.4 Å². The monoisotopic (exact) mass is 340 g/mol. The van der Waals surface area contributed by atoms with Crippen LogP contribution in [0.2, 0.25) is 0 Å². The Hall–Kier alpha value is -3.15. The van der Waals surface area contributed by atoms with Crippen LogP contribution in [0.1, 0.15) is 34.6 Å². The highest BCUT2D eigenvalue weighted by Gasteiger charge is 2.13. The van der Waals surface area contributed by atoms with Gasteiger partial charge in [0, 0.05) is 16.9 Å². The molecule has 25 heavy (non-hydrogen) atoms. The number of rotatable bonds is 6. The summed E-state index contributed by atoms with van der Waals surface area (Å²) in [5.41, 5.74) is 2.36. The Morgan fingerprint density at radius 1 is 0.880 bits per heavy atom. The van der Waals surface area contributed by atoms with Gasteiger partial charge in [0.1, 0.15) is 6.04 Å². The van der Waals surface area contributed by atoms with E-state index in [4.69, 9.17) is 0 Å². The van der Waals surface area contributed by atoms with Gasteiger partial charge in [-0.15, -0.1) is 0 Å². The minimum Gasteiger partial charge on any atom is -0.465 e. The number of anilines is 2. The molecule has 2 rings (SSSR count). The van der Waals surface area contributed by atoms with Crippen LogP contribution in [0.15, 0.2) is 48.5 Å². The van der Waals surface area contributed by atoms with E-state index >= 15 is 0 Å². The predicted molar refractivity (Wildman–Crippen MR) is 95.9 cm³/mol. The largest absolute Gasteiger partial charge is 0.465 e. The molecule has 0 saturated carbocycles. The number of ketones is 1. The highest BCUT2D eigenvalue weighted by atomic mass is 16.5. The third-order valence-corrected chi connectivity index (χ3v) is 3.64. The summed E-state index contributed by atoms with van der Waals surface area (Å²) in [6, 6.07) is 12.9. The molecule has 0 spiro atoms. The van der Waals surface area contributed by atoms with Crippen molar-refractivity contribution in [2.45, 2.75) is 19.9 Å². The lowest BCUT2D eigenvalue weighted by Gasteiger charge is -2.15. The molecule has 0 aromatic heterocycles. The maximum absolute atomic E-state index is 12.2. The summed E-state index contributed by atoms with van der Waals surface area (Å²) in [6.07, 6.45) is 0. The van der Waals surface area contributed by atoms with Crippen LogP contribution in [0, 0.1) is 0 Å². The first kappa shape index (κ1) is 18.2. The highest BCUT2D eigenvalue weighted by molar-refractivity contribution is 5.98. The van der Waals surface area contributed by atoms with Gasteiger partial charge >= 0.3 is 5.97 Å². The number of carbonyl (C=O) groups excluding carboxylic acids is 3. The van der Waals surface area contributed by atoms with Crippen molar-refractivity contribution in [1.29, 1.82) is 0 Å². The molecule has 0 bridgehead atoms. The molecule has 2 aromatic rings. The van der Waals surface area contributed by atoms with Crippen LogP contribution in [0.5, 0.6) is 0 Å². The first-order valence-corrected chi connectivity index (χ1v) is 7.77. The number of nitrogens with one attached hydrogen (secondary N) is 2. The average Bonchev–Trinajstić information content (AvgIpc) is 2.62. The maximum Gasteiger partial charge on any atom is 0.337 e. The SMILES string of the molecule is COC(=O)c1ccc(N[C@H](C)C(=O)Nc2ccc(C(C)=O)cc2)cc1. The van der Waals surface area contributed by atoms with Gasteiger partial charge in [-0.2, -0.15) is 0 Å². The molecule has 2 N–H and O–H groups in total. The molecule has 6 heteroatoms. The fraction of sp³-hybridized carbons (Fsp3) is 0.211. The molecule has 0 heterocycles. The Morgan fingerprint density at radius 2 is 1.40 bits per heavy atom. The van der Waals surface area contributed by atoms with Crippen LogP contribution in [0.3, 0.4) is 0 Å². The van der Waals surface area contributed by atoms with Crippen LogP contribution < -0.4 is 10.6 Å². The number of methoxy groups -OCH3 is 1.